The monoisotopic (exact) mass is 327 g/mol. The Labute approximate surface area is 136 Å². The number of hydrogen-bond donors (Lipinski definition) is 3. The van der Waals surface area contributed by atoms with Gasteiger partial charge >= 0.3 is 12.8 Å². The van der Waals surface area contributed by atoms with Gasteiger partial charge in [-0.05, 0) is 11.0 Å². The first kappa shape index (κ1) is 15.9. The number of nitrogens with zero attached hydrogens (tertiary/aromatic N) is 4. The molecule has 0 atom stereocenters. The first-order valence-corrected chi connectivity index (χ1v) is 7.09. The van der Waals surface area contributed by atoms with E-state index in [4.69, 9.17) is 10.0 Å². The molecule has 0 fully saturated rings. The van der Waals surface area contributed by atoms with Crippen LogP contribution in [-0.4, -0.2) is 41.7 Å². The number of benzene rings is 1. The van der Waals surface area contributed by atoms with E-state index < -0.39 is 18.4 Å². The summed E-state index contributed by atoms with van der Waals surface area (Å²) in [6.07, 6.45) is 3.01. The molecule has 3 rings (SSSR count). The number of hydrogen-bond acceptors (Lipinski definition) is 6. The minimum Gasteiger partial charge on any atom is -0.423 e. The molecule has 0 saturated carbocycles. The van der Waals surface area contributed by atoms with Gasteiger partial charge in [0.2, 0.25) is 0 Å². The van der Waals surface area contributed by atoms with Crippen molar-refractivity contribution in [3.05, 3.63) is 63.1 Å². The standard InChI is InChI=1S/C14H14BN5O4/c1-19-7-11(13(21)16-14(19)22)12-8-20(18-17-12)6-9-2-4-10(5-3-9)15(23)24/h2-5,7-8,23-24H,6H2,1H3,(H,16,21,22). The van der Waals surface area contributed by atoms with Crippen molar-refractivity contribution in [1.82, 2.24) is 24.5 Å². The van der Waals surface area contributed by atoms with E-state index in [9.17, 15) is 9.59 Å². The summed E-state index contributed by atoms with van der Waals surface area (Å²) in [7, 11) is 0.0250. The second kappa shape index (κ2) is 6.26. The highest BCUT2D eigenvalue weighted by Crippen LogP contribution is 2.10. The number of nitrogens with one attached hydrogen (secondary N) is 1. The van der Waals surface area contributed by atoms with Gasteiger partial charge in [-0.3, -0.25) is 9.78 Å². The van der Waals surface area contributed by atoms with Crippen LogP contribution in [0.5, 0.6) is 0 Å². The third kappa shape index (κ3) is 3.19. The highest BCUT2D eigenvalue weighted by atomic mass is 16.4. The van der Waals surface area contributed by atoms with Crippen molar-refractivity contribution in [2.24, 2.45) is 7.05 Å². The maximum Gasteiger partial charge on any atom is 0.488 e. The number of aromatic nitrogens is 5. The van der Waals surface area contributed by atoms with E-state index in [1.807, 2.05) is 0 Å². The van der Waals surface area contributed by atoms with Gasteiger partial charge in [-0.1, -0.05) is 29.5 Å². The van der Waals surface area contributed by atoms with Crippen molar-refractivity contribution in [1.29, 1.82) is 0 Å². The van der Waals surface area contributed by atoms with Crippen molar-refractivity contribution in [3.8, 4) is 11.3 Å². The van der Waals surface area contributed by atoms with Crippen molar-refractivity contribution < 1.29 is 10.0 Å². The van der Waals surface area contributed by atoms with Crippen molar-refractivity contribution in [2.75, 3.05) is 0 Å². The van der Waals surface area contributed by atoms with Gasteiger partial charge < -0.3 is 14.6 Å². The third-order valence-corrected chi connectivity index (χ3v) is 3.55. The first-order chi connectivity index (χ1) is 11.4. The topological polar surface area (TPSA) is 126 Å². The van der Waals surface area contributed by atoms with Gasteiger partial charge in [-0.2, -0.15) is 0 Å². The second-order valence-electron chi connectivity index (χ2n) is 5.33. The molecule has 3 aromatic rings. The molecule has 0 unspecified atom stereocenters. The molecule has 122 valence electrons. The molecule has 0 radical (unpaired) electrons. The van der Waals surface area contributed by atoms with E-state index in [1.165, 1.54) is 17.8 Å². The van der Waals surface area contributed by atoms with E-state index in [0.717, 1.165) is 5.56 Å². The van der Waals surface area contributed by atoms with Gasteiger partial charge in [-0.25, -0.2) is 9.48 Å². The first-order valence-electron chi connectivity index (χ1n) is 7.09. The molecule has 0 amide bonds. The molecule has 2 aromatic heterocycles. The number of aryl methyl sites for hydroxylation is 1. The zero-order chi connectivity index (χ0) is 17.3. The smallest absolute Gasteiger partial charge is 0.423 e. The largest absolute Gasteiger partial charge is 0.488 e. The summed E-state index contributed by atoms with van der Waals surface area (Å²) in [4.78, 5) is 25.5. The molecule has 0 aliphatic heterocycles. The molecule has 0 bridgehead atoms. The highest BCUT2D eigenvalue weighted by Gasteiger charge is 2.12. The van der Waals surface area contributed by atoms with Crippen LogP contribution in [0.4, 0.5) is 0 Å². The van der Waals surface area contributed by atoms with Crippen LogP contribution < -0.4 is 16.7 Å². The number of aromatic amines is 1. The fraction of sp³-hybridized carbons (Fsp3) is 0.143. The lowest BCUT2D eigenvalue weighted by molar-refractivity contribution is 0.426. The molecular weight excluding hydrogens is 313 g/mol. The van der Waals surface area contributed by atoms with Crippen molar-refractivity contribution in [3.63, 3.8) is 0 Å². The SMILES string of the molecule is Cn1cc(-c2cn(Cc3ccc(B(O)O)cc3)nn2)c(=O)[nH]c1=O. The van der Waals surface area contributed by atoms with Crippen molar-refractivity contribution in [2.45, 2.75) is 6.54 Å². The van der Waals surface area contributed by atoms with Gasteiger partial charge in [0, 0.05) is 13.2 Å². The molecule has 1 aromatic carbocycles. The normalized spacial score (nSPS) is 10.8. The molecule has 0 aliphatic carbocycles. The zero-order valence-electron chi connectivity index (χ0n) is 12.7. The summed E-state index contributed by atoms with van der Waals surface area (Å²) >= 11 is 0. The summed E-state index contributed by atoms with van der Waals surface area (Å²) in [5, 5.41) is 26.1. The van der Waals surface area contributed by atoms with Crippen LogP contribution >= 0.6 is 0 Å². The van der Waals surface area contributed by atoms with E-state index in [2.05, 4.69) is 15.3 Å². The van der Waals surface area contributed by atoms with E-state index in [0.29, 0.717) is 17.7 Å². The predicted octanol–water partition coefficient (Wildman–Crippen LogP) is -1.94. The fourth-order valence-electron chi connectivity index (χ4n) is 2.23. The minimum absolute atomic E-state index is 0.252. The summed E-state index contributed by atoms with van der Waals surface area (Å²) in [5.41, 5.74) is 0.866. The Morgan fingerprint density at radius 2 is 1.88 bits per heavy atom. The zero-order valence-corrected chi connectivity index (χ0v) is 12.7. The van der Waals surface area contributed by atoms with Crippen LogP contribution in [0.25, 0.3) is 11.3 Å². The average molecular weight is 327 g/mol. The van der Waals surface area contributed by atoms with E-state index >= 15 is 0 Å². The number of rotatable bonds is 4. The molecule has 9 nitrogen and oxygen atoms in total. The Balaban J connectivity index is 1.85. The molecule has 3 N–H and O–H groups in total. The molecule has 0 aliphatic rings. The molecular formula is C14H14BN5O4. The predicted molar refractivity (Wildman–Crippen MR) is 86.7 cm³/mol. The fourth-order valence-corrected chi connectivity index (χ4v) is 2.23. The lowest BCUT2D eigenvalue weighted by Crippen LogP contribution is -2.29. The average Bonchev–Trinajstić information content (AvgIpc) is 2.99. The maximum atomic E-state index is 11.9. The van der Waals surface area contributed by atoms with Crippen LogP contribution in [-0.2, 0) is 13.6 Å². The van der Waals surface area contributed by atoms with Crippen LogP contribution in [0.2, 0.25) is 0 Å². The lowest BCUT2D eigenvalue weighted by atomic mass is 9.80. The Morgan fingerprint density at radius 3 is 2.54 bits per heavy atom. The summed E-state index contributed by atoms with van der Waals surface area (Å²) in [6.45, 7) is 0.401. The quantitative estimate of drug-likeness (QED) is 0.479. The van der Waals surface area contributed by atoms with E-state index in [-0.39, 0.29) is 5.56 Å². The summed E-state index contributed by atoms with van der Waals surface area (Å²) in [5.74, 6) is 0. The molecule has 10 heteroatoms. The summed E-state index contributed by atoms with van der Waals surface area (Å²) < 4.78 is 2.80. The van der Waals surface area contributed by atoms with Crippen LogP contribution in [0, 0.1) is 0 Å². The Hall–Kier alpha value is -2.98. The second-order valence-corrected chi connectivity index (χ2v) is 5.33. The van der Waals surface area contributed by atoms with Gasteiger partial charge in [-0.15, -0.1) is 5.10 Å². The van der Waals surface area contributed by atoms with Gasteiger partial charge in [0.1, 0.15) is 5.69 Å². The lowest BCUT2D eigenvalue weighted by Gasteiger charge is -2.03. The molecule has 0 saturated heterocycles. The van der Waals surface area contributed by atoms with Crippen LogP contribution in [0.3, 0.4) is 0 Å². The highest BCUT2D eigenvalue weighted by molar-refractivity contribution is 6.58. The Morgan fingerprint density at radius 1 is 1.17 bits per heavy atom. The van der Waals surface area contributed by atoms with Gasteiger partial charge in [0.05, 0.1) is 18.3 Å². The minimum atomic E-state index is -1.51. The molecule has 0 spiro atoms. The Bertz CT molecular complexity index is 974. The third-order valence-electron chi connectivity index (χ3n) is 3.55. The van der Waals surface area contributed by atoms with Gasteiger partial charge in [0.15, 0.2) is 0 Å². The molecule has 2 heterocycles. The summed E-state index contributed by atoms with van der Waals surface area (Å²) in [6, 6.07) is 6.70. The van der Waals surface area contributed by atoms with Crippen LogP contribution in [0.15, 0.2) is 46.2 Å². The number of H-pyrrole nitrogens is 1. The Kier molecular flexibility index (Phi) is 4.15. The maximum absolute atomic E-state index is 11.9. The van der Waals surface area contributed by atoms with Crippen LogP contribution in [0.1, 0.15) is 5.56 Å². The molecule has 24 heavy (non-hydrogen) atoms. The van der Waals surface area contributed by atoms with E-state index in [1.54, 1.807) is 35.1 Å². The van der Waals surface area contributed by atoms with Gasteiger partial charge in [0.25, 0.3) is 5.56 Å². The van der Waals surface area contributed by atoms with Crippen molar-refractivity contribution >= 4 is 12.6 Å².